The molecule has 9 nitrogen and oxygen atoms in total. The summed E-state index contributed by atoms with van der Waals surface area (Å²) in [7, 11) is 0. The fourth-order valence-electron chi connectivity index (χ4n) is 4.93. The number of halogens is 1. The van der Waals surface area contributed by atoms with Gasteiger partial charge in [0.2, 0.25) is 5.91 Å². The van der Waals surface area contributed by atoms with E-state index in [1.165, 1.54) is 0 Å². The van der Waals surface area contributed by atoms with Crippen LogP contribution in [0.25, 0.3) is 11.3 Å². The van der Waals surface area contributed by atoms with Crippen molar-refractivity contribution in [1.29, 1.82) is 0 Å². The Bertz CT molecular complexity index is 1260. The smallest absolute Gasteiger partial charge is 0.232 e. The summed E-state index contributed by atoms with van der Waals surface area (Å²) in [6.45, 7) is 5.08. The summed E-state index contributed by atoms with van der Waals surface area (Å²) >= 11 is 6.90. The average Bonchev–Trinajstić information content (AvgIpc) is 3.27. The van der Waals surface area contributed by atoms with Gasteiger partial charge in [0.1, 0.15) is 5.69 Å². The van der Waals surface area contributed by atoms with Crippen molar-refractivity contribution in [3.63, 3.8) is 0 Å². The molecule has 0 spiro atoms. The molecule has 2 aromatic heterocycles. The second kappa shape index (κ2) is 9.39. The van der Waals surface area contributed by atoms with Gasteiger partial charge in [-0.2, -0.15) is 0 Å². The van der Waals surface area contributed by atoms with Gasteiger partial charge in [0, 0.05) is 30.6 Å². The minimum atomic E-state index is -0.880. The summed E-state index contributed by atoms with van der Waals surface area (Å²) in [5.74, 6) is 0.177. The highest BCUT2D eigenvalue weighted by Crippen LogP contribution is 2.41. The molecule has 1 amide bonds. The molecule has 1 aromatic carbocycles. The quantitative estimate of drug-likeness (QED) is 0.583. The number of amides is 1. The first kappa shape index (κ1) is 23.4. The van der Waals surface area contributed by atoms with Crippen molar-refractivity contribution in [3.8, 4) is 11.3 Å². The summed E-state index contributed by atoms with van der Waals surface area (Å²) in [6, 6.07) is 9.54. The molecule has 10 heteroatoms. The van der Waals surface area contributed by atoms with E-state index in [2.05, 4.69) is 15.3 Å². The van der Waals surface area contributed by atoms with E-state index in [4.69, 9.17) is 27.1 Å². The Morgan fingerprint density at radius 3 is 2.80 bits per heavy atom. The normalized spacial score (nSPS) is 24.9. The van der Waals surface area contributed by atoms with Crippen molar-refractivity contribution in [2.75, 3.05) is 6.61 Å². The van der Waals surface area contributed by atoms with Gasteiger partial charge in [0.25, 0.3) is 0 Å². The SMILES string of the molecule is C[C@H]1C[C@@H](N2C(=O)C[C@@](C)(c3cccc(-c4cn(Cc5ccncc5)nn4)c3Cl)N=C2N)CCO1. The molecule has 0 aliphatic carbocycles. The number of aliphatic imine (C=N–C) groups is 1. The first-order valence-corrected chi connectivity index (χ1v) is 12.1. The third-order valence-corrected chi connectivity index (χ3v) is 7.09. The van der Waals surface area contributed by atoms with E-state index >= 15 is 0 Å². The zero-order chi connectivity index (χ0) is 24.6. The predicted molar refractivity (Wildman–Crippen MR) is 133 cm³/mol. The van der Waals surface area contributed by atoms with Gasteiger partial charge in [-0.3, -0.25) is 14.7 Å². The van der Waals surface area contributed by atoms with Crippen LogP contribution in [0.3, 0.4) is 0 Å². The number of pyridine rings is 1. The number of nitrogens with zero attached hydrogens (tertiary/aromatic N) is 6. The standard InChI is InChI=1S/C25H28ClN7O2/c1-16-12-18(8-11-35-16)33-22(34)13-25(2,29-24(33)27)20-5-3-4-19(23(20)26)21-15-32(31-30-21)14-17-6-9-28-10-7-17/h3-7,9-10,15-16,18H,8,11-14H2,1-2H3,(H2,27,29)/t16-,18-,25-/m0/s1. The Labute approximate surface area is 209 Å². The van der Waals surface area contributed by atoms with Crippen LogP contribution in [0.2, 0.25) is 5.02 Å². The lowest BCUT2D eigenvalue weighted by molar-refractivity contribution is -0.133. The van der Waals surface area contributed by atoms with Crippen molar-refractivity contribution in [3.05, 3.63) is 65.1 Å². The van der Waals surface area contributed by atoms with Crippen LogP contribution in [0, 0.1) is 0 Å². The minimum absolute atomic E-state index is 0.00297. The summed E-state index contributed by atoms with van der Waals surface area (Å²) in [4.78, 5) is 23.8. The fourth-order valence-corrected chi connectivity index (χ4v) is 5.36. The summed E-state index contributed by atoms with van der Waals surface area (Å²) < 4.78 is 7.39. The topological polar surface area (TPSA) is 112 Å². The third-order valence-electron chi connectivity index (χ3n) is 6.68. The van der Waals surface area contributed by atoms with E-state index in [0.717, 1.165) is 29.5 Å². The van der Waals surface area contributed by atoms with E-state index in [-0.39, 0.29) is 30.4 Å². The average molecular weight is 494 g/mol. The van der Waals surface area contributed by atoms with Crippen LogP contribution in [0.15, 0.2) is 53.9 Å². The molecular formula is C25H28ClN7O2. The first-order chi connectivity index (χ1) is 16.8. The highest BCUT2D eigenvalue weighted by Gasteiger charge is 2.42. The molecule has 0 unspecified atom stereocenters. The molecule has 2 aliphatic heterocycles. The van der Waals surface area contributed by atoms with Crippen LogP contribution in [0.1, 0.15) is 44.2 Å². The molecule has 3 aromatic rings. The van der Waals surface area contributed by atoms with Crippen LogP contribution in [0.5, 0.6) is 0 Å². The molecule has 182 valence electrons. The van der Waals surface area contributed by atoms with Crippen molar-refractivity contribution in [2.45, 2.75) is 57.3 Å². The zero-order valence-electron chi connectivity index (χ0n) is 19.8. The largest absolute Gasteiger partial charge is 0.378 e. The van der Waals surface area contributed by atoms with E-state index in [1.54, 1.807) is 22.0 Å². The number of hydrogen-bond donors (Lipinski definition) is 1. The van der Waals surface area contributed by atoms with Gasteiger partial charge >= 0.3 is 0 Å². The molecule has 5 rings (SSSR count). The van der Waals surface area contributed by atoms with Crippen molar-refractivity contribution in [1.82, 2.24) is 24.9 Å². The maximum atomic E-state index is 13.3. The van der Waals surface area contributed by atoms with E-state index in [0.29, 0.717) is 23.9 Å². The molecule has 2 N–H and O–H groups in total. The first-order valence-electron chi connectivity index (χ1n) is 11.7. The number of aromatic nitrogens is 4. The Kier molecular flexibility index (Phi) is 6.29. The van der Waals surface area contributed by atoms with Crippen molar-refractivity contribution < 1.29 is 9.53 Å². The lowest BCUT2D eigenvalue weighted by Gasteiger charge is -2.41. The number of rotatable bonds is 5. The number of carbonyl (C=O) groups excluding carboxylic acids is 1. The number of hydrogen-bond acceptors (Lipinski definition) is 7. The van der Waals surface area contributed by atoms with Crippen LogP contribution < -0.4 is 5.73 Å². The number of ether oxygens (including phenoxy) is 1. The number of benzene rings is 1. The Hall–Kier alpha value is -3.30. The van der Waals surface area contributed by atoms with E-state index < -0.39 is 5.54 Å². The van der Waals surface area contributed by atoms with Crippen molar-refractivity contribution in [2.24, 2.45) is 10.7 Å². The molecule has 4 heterocycles. The molecule has 35 heavy (non-hydrogen) atoms. The van der Waals surface area contributed by atoms with Gasteiger partial charge < -0.3 is 10.5 Å². The maximum Gasteiger partial charge on any atom is 0.232 e. The number of nitrogens with two attached hydrogens (primary N) is 1. The lowest BCUT2D eigenvalue weighted by Crippen LogP contribution is -2.56. The third kappa shape index (κ3) is 4.66. The number of guanidine groups is 1. The van der Waals surface area contributed by atoms with Gasteiger partial charge in [-0.05, 0) is 49.9 Å². The van der Waals surface area contributed by atoms with E-state index in [9.17, 15) is 4.79 Å². The summed E-state index contributed by atoms with van der Waals surface area (Å²) in [5.41, 5.74) is 8.67. The van der Waals surface area contributed by atoms with E-state index in [1.807, 2.05) is 50.4 Å². The highest BCUT2D eigenvalue weighted by atomic mass is 35.5. The monoisotopic (exact) mass is 493 g/mol. The van der Waals surface area contributed by atoms with Gasteiger partial charge in [-0.1, -0.05) is 35.0 Å². The van der Waals surface area contributed by atoms with Gasteiger partial charge in [0.05, 0.1) is 35.8 Å². The van der Waals surface area contributed by atoms with Crippen molar-refractivity contribution >= 4 is 23.5 Å². The molecular weight excluding hydrogens is 466 g/mol. The molecule has 0 bridgehead atoms. The molecule has 0 radical (unpaired) electrons. The molecule has 3 atom stereocenters. The Morgan fingerprint density at radius 2 is 2.06 bits per heavy atom. The predicted octanol–water partition coefficient (Wildman–Crippen LogP) is 3.37. The molecule has 2 aliphatic rings. The lowest BCUT2D eigenvalue weighted by atomic mass is 9.85. The second-order valence-corrected chi connectivity index (χ2v) is 9.75. The van der Waals surface area contributed by atoms with Crippen LogP contribution in [-0.4, -0.2) is 55.5 Å². The Balaban J connectivity index is 1.43. The van der Waals surface area contributed by atoms with Crippen LogP contribution in [-0.2, 0) is 21.6 Å². The maximum absolute atomic E-state index is 13.3. The molecule has 0 saturated carbocycles. The van der Waals surface area contributed by atoms with Gasteiger partial charge in [-0.25, -0.2) is 9.67 Å². The summed E-state index contributed by atoms with van der Waals surface area (Å²) in [5, 5.41) is 9.07. The molecule has 1 fully saturated rings. The second-order valence-electron chi connectivity index (χ2n) is 9.37. The number of carbonyl (C=O) groups is 1. The minimum Gasteiger partial charge on any atom is -0.378 e. The van der Waals surface area contributed by atoms with Gasteiger partial charge in [-0.15, -0.1) is 5.10 Å². The van der Waals surface area contributed by atoms with Crippen LogP contribution >= 0.6 is 11.6 Å². The zero-order valence-corrected chi connectivity index (χ0v) is 20.5. The Morgan fingerprint density at radius 1 is 1.26 bits per heavy atom. The van der Waals surface area contributed by atoms with Crippen LogP contribution in [0.4, 0.5) is 0 Å². The summed E-state index contributed by atoms with van der Waals surface area (Å²) in [6.07, 6.45) is 7.09. The fraction of sp³-hybridized carbons (Fsp3) is 0.400. The highest BCUT2D eigenvalue weighted by molar-refractivity contribution is 6.34. The van der Waals surface area contributed by atoms with Gasteiger partial charge in [0.15, 0.2) is 5.96 Å². The molecule has 1 saturated heterocycles.